The van der Waals surface area contributed by atoms with Gasteiger partial charge in [-0.3, -0.25) is 0 Å². The highest BCUT2D eigenvalue weighted by Crippen LogP contribution is 2.19. The van der Waals surface area contributed by atoms with E-state index in [2.05, 4.69) is 10.2 Å². The second-order valence-electron chi connectivity index (χ2n) is 3.65. The Morgan fingerprint density at radius 2 is 2.00 bits per heavy atom. The quantitative estimate of drug-likeness (QED) is 0.802. The molecule has 1 aromatic rings. The first kappa shape index (κ1) is 10.4. The van der Waals surface area contributed by atoms with Crippen molar-refractivity contribution in [1.82, 2.24) is 5.32 Å². The maximum Gasteiger partial charge on any atom is 0.131 e. The van der Waals surface area contributed by atoms with E-state index >= 15 is 0 Å². The second kappa shape index (κ2) is 4.57. The van der Waals surface area contributed by atoms with E-state index in [1.807, 2.05) is 0 Å². The van der Waals surface area contributed by atoms with Crippen molar-refractivity contribution in [1.29, 1.82) is 0 Å². The molecule has 0 aromatic heterocycles. The third-order valence-electron chi connectivity index (χ3n) is 2.66. The van der Waals surface area contributed by atoms with Crippen LogP contribution in [0.2, 0.25) is 0 Å². The van der Waals surface area contributed by atoms with Gasteiger partial charge >= 0.3 is 0 Å². The number of halogens is 2. The fourth-order valence-corrected chi connectivity index (χ4v) is 1.76. The Morgan fingerprint density at radius 3 is 2.60 bits per heavy atom. The molecular formula is C11H14F2N2. The van der Waals surface area contributed by atoms with Crippen molar-refractivity contribution in [2.45, 2.75) is 6.67 Å². The van der Waals surface area contributed by atoms with E-state index in [1.54, 1.807) is 6.07 Å². The van der Waals surface area contributed by atoms with Crippen LogP contribution >= 0.6 is 0 Å². The number of rotatable bonds is 2. The summed E-state index contributed by atoms with van der Waals surface area (Å²) >= 11 is 0. The Bertz CT molecular complexity index is 335. The van der Waals surface area contributed by atoms with E-state index in [0.717, 1.165) is 31.9 Å². The first-order chi connectivity index (χ1) is 7.31. The van der Waals surface area contributed by atoms with E-state index in [1.165, 1.54) is 12.1 Å². The van der Waals surface area contributed by atoms with E-state index in [4.69, 9.17) is 0 Å². The molecule has 1 aromatic carbocycles. The van der Waals surface area contributed by atoms with Gasteiger partial charge in [-0.1, -0.05) is 6.07 Å². The lowest BCUT2D eigenvalue weighted by molar-refractivity contribution is 0.463. The summed E-state index contributed by atoms with van der Waals surface area (Å²) in [5.74, 6) is -0.450. The molecule has 2 rings (SSSR count). The van der Waals surface area contributed by atoms with Crippen LogP contribution in [0.15, 0.2) is 18.2 Å². The zero-order chi connectivity index (χ0) is 10.7. The van der Waals surface area contributed by atoms with Crippen molar-refractivity contribution in [3.63, 3.8) is 0 Å². The fourth-order valence-electron chi connectivity index (χ4n) is 1.76. The topological polar surface area (TPSA) is 15.3 Å². The van der Waals surface area contributed by atoms with Crippen LogP contribution in [0.3, 0.4) is 0 Å². The smallest absolute Gasteiger partial charge is 0.131 e. The highest BCUT2D eigenvalue weighted by molar-refractivity contribution is 5.48. The third-order valence-corrected chi connectivity index (χ3v) is 2.66. The van der Waals surface area contributed by atoms with Gasteiger partial charge in [-0.15, -0.1) is 0 Å². The molecule has 1 aliphatic rings. The van der Waals surface area contributed by atoms with Gasteiger partial charge < -0.3 is 10.2 Å². The van der Waals surface area contributed by atoms with Gasteiger partial charge in [0.25, 0.3) is 0 Å². The van der Waals surface area contributed by atoms with Crippen molar-refractivity contribution in [2.24, 2.45) is 0 Å². The molecule has 0 unspecified atom stereocenters. The number of nitrogens with one attached hydrogen (secondary N) is 1. The summed E-state index contributed by atoms with van der Waals surface area (Å²) in [5, 5.41) is 3.23. The highest BCUT2D eigenvalue weighted by atomic mass is 19.1. The minimum atomic E-state index is -0.742. The van der Waals surface area contributed by atoms with Gasteiger partial charge in [-0.2, -0.15) is 0 Å². The van der Waals surface area contributed by atoms with Gasteiger partial charge in [0.05, 0.1) is 0 Å². The monoisotopic (exact) mass is 212 g/mol. The van der Waals surface area contributed by atoms with Gasteiger partial charge in [0, 0.05) is 37.4 Å². The molecule has 82 valence electrons. The molecule has 0 radical (unpaired) electrons. The second-order valence-corrected chi connectivity index (χ2v) is 3.65. The average Bonchev–Trinajstić information content (AvgIpc) is 2.30. The van der Waals surface area contributed by atoms with Gasteiger partial charge in [0.2, 0.25) is 0 Å². The third kappa shape index (κ3) is 2.26. The van der Waals surface area contributed by atoms with Crippen LogP contribution in [0.4, 0.5) is 14.5 Å². The van der Waals surface area contributed by atoms with Crippen molar-refractivity contribution < 1.29 is 8.78 Å². The van der Waals surface area contributed by atoms with Crippen LogP contribution in [0, 0.1) is 5.82 Å². The molecule has 0 spiro atoms. The highest BCUT2D eigenvalue weighted by Gasteiger charge is 2.12. The molecule has 1 aliphatic heterocycles. The number of piperazine rings is 1. The first-order valence-corrected chi connectivity index (χ1v) is 5.11. The average molecular weight is 212 g/mol. The Hall–Kier alpha value is -1.16. The normalized spacial score (nSPS) is 16.8. The molecule has 0 bridgehead atoms. The Kier molecular flexibility index (Phi) is 3.16. The van der Waals surface area contributed by atoms with E-state index in [-0.39, 0.29) is 5.56 Å². The molecular weight excluding hydrogens is 198 g/mol. The Labute approximate surface area is 87.9 Å². The van der Waals surface area contributed by atoms with Gasteiger partial charge in [-0.25, -0.2) is 8.78 Å². The lowest BCUT2D eigenvalue weighted by Crippen LogP contribution is -2.43. The molecule has 15 heavy (non-hydrogen) atoms. The van der Waals surface area contributed by atoms with Gasteiger partial charge in [0.1, 0.15) is 12.5 Å². The summed E-state index contributed by atoms with van der Waals surface area (Å²) in [6, 6.07) is 4.72. The molecule has 2 nitrogen and oxygen atoms in total. The number of benzene rings is 1. The van der Waals surface area contributed by atoms with Crippen molar-refractivity contribution in [3.8, 4) is 0 Å². The predicted molar refractivity (Wildman–Crippen MR) is 56.3 cm³/mol. The number of hydrogen-bond acceptors (Lipinski definition) is 2. The minimum absolute atomic E-state index is 0.133. The molecule has 1 saturated heterocycles. The molecule has 4 heteroatoms. The molecule has 0 amide bonds. The number of nitrogens with zero attached hydrogens (tertiary/aromatic N) is 1. The number of hydrogen-bond donors (Lipinski definition) is 1. The minimum Gasteiger partial charge on any atom is -0.369 e. The summed E-state index contributed by atoms with van der Waals surface area (Å²) in [4.78, 5) is 2.10. The van der Waals surface area contributed by atoms with Crippen LogP contribution in [-0.2, 0) is 6.67 Å². The lowest BCUT2D eigenvalue weighted by Gasteiger charge is -2.29. The predicted octanol–water partition coefficient (Wildman–Crippen LogP) is 1.70. The number of anilines is 1. The maximum absolute atomic E-state index is 13.3. The largest absolute Gasteiger partial charge is 0.369 e. The zero-order valence-electron chi connectivity index (χ0n) is 8.47. The molecule has 1 fully saturated rings. The van der Waals surface area contributed by atoms with Crippen LogP contribution in [0.5, 0.6) is 0 Å². The summed E-state index contributed by atoms with van der Waals surface area (Å²) in [5.41, 5.74) is 0.972. The molecule has 0 atom stereocenters. The van der Waals surface area contributed by atoms with Crippen LogP contribution in [0.1, 0.15) is 5.56 Å². The summed E-state index contributed by atoms with van der Waals surface area (Å²) in [7, 11) is 0. The Balaban J connectivity index is 2.17. The zero-order valence-corrected chi connectivity index (χ0v) is 8.47. The van der Waals surface area contributed by atoms with Crippen molar-refractivity contribution in [2.75, 3.05) is 31.1 Å². The van der Waals surface area contributed by atoms with Gasteiger partial charge in [0.15, 0.2) is 0 Å². The van der Waals surface area contributed by atoms with Gasteiger partial charge in [-0.05, 0) is 12.1 Å². The standard InChI is InChI=1S/C11H14F2N2/c12-8-9-1-2-10(7-11(9)13)15-5-3-14-4-6-15/h1-2,7,14H,3-6,8H2. The van der Waals surface area contributed by atoms with Crippen LogP contribution in [0.25, 0.3) is 0 Å². The van der Waals surface area contributed by atoms with Crippen LogP contribution < -0.4 is 10.2 Å². The summed E-state index contributed by atoms with van der Waals surface area (Å²) in [6.07, 6.45) is 0. The van der Waals surface area contributed by atoms with Crippen molar-refractivity contribution >= 4 is 5.69 Å². The lowest BCUT2D eigenvalue weighted by atomic mass is 10.2. The summed E-state index contributed by atoms with van der Waals surface area (Å²) in [6.45, 7) is 2.81. The van der Waals surface area contributed by atoms with Crippen LogP contribution in [-0.4, -0.2) is 26.2 Å². The molecule has 1 N–H and O–H groups in total. The van der Waals surface area contributed by atoms with Crippen molar-refractivity contribution in [3.05, 3.63) is 29.6 Å². The molecule has 0 aliphatic carbocycles. The SMILES string of the molecule is FCc1ccc(N2CCNCC2)cc1F. The maximum atomic E-state index is 13.3. The molecule has 1 heterocycles. The first-order valence-electron chi connectivity index (χ1n) is 5.11. The number of alkyl halides is 1. The summed E-state index contributed by atoms with van der Waals surface area (Å²) < 4.78 is 25.6. The fraction of sp³-hybridized carbons (Fsp3) is 0.455. The Morgan fingerprint density at radius 1 is 1.27 bits per heavy atom. The van der Waals surface area contributed by atoms with E-state index in [9.17, 15) is 8.78 Å². The van der Waals surface area contributed by atoms with E-state index < -0.39 is 12.5 Å². The van der Waals surface area contributed by atoms with E-state index in [0.29, 0.717) is 0 Å². The molecule has 0 saturated carbocycles.